The van der Waals surface area contributed by atoms with Crippen molar-refractivity contribution in [2.75, 3.05) is 6.61 Å². The van der Waals surface area contributed by atoms with Crippen molar-refractivity contribution in [1.82, 2.24) is 25.0 Å². The molecular weight excluding hydrogens is 474 g/mol. The maximum absolute atomic E-state index is 12.7. The first-order valence-electron chi connectivity index (χ1n) is 10.4. The van der Waals surface area contributed by atoms with Gasteiger partial charge in [0.2, 0.25) is 5.88 Å². The summed E-state index contributed by atoms with van der Waals surface area (Å²) in [6.45, 7) is 2.22. The number of aromatic carboxylic acids is 1. The van der Waals surface area contributed by atoms with Crippen molar-refractivity contribution in [3.63, 3.8) is 0 Å². The van der Waals surface area contributed by atoms with Crippen LogP contribution in [-0.4, -0.2) is 42.6 Å². The number of hydrogen-bond acceptors (Lipinski definition) is 10. The van der Waals surface area contributed by atoms with Gasteiger partial charge in [-0.05, 0) is 37.3 Å². The van der Waals surface area contributed by atoms with E-state index in [2.05, 4.69) is 20.3 Å². The fraction of sp³-hybridized carbons (Fsp3) is 0.130. The third-order valence-electron chi connectivity index (χ3n) is 4.90. The third-order valence-corrected chi connectivity index (χ3v) is 5.98. The second-order valence-corrected chi connectivity index (χ2v) is 8.18. The highest BCUT2D eigenvalue weighted by Crippen LogP contribution is 2.32. The lowest BCUT2D eigenvalue weighted by molar-refractivity contribution is 0.0696. The van der Waals surface area contributed by atoms with Gasteiger partial charge in [-0.1, -0.05) is 5.21 Å². The highest BCUT2D eigenvalue weighted by atomic mass is 32.1. The Morgan fingerprint density at radius 2 is 2.09 bits per heavy atom. The maximum atomic E-state index is 12.7. The topological polar surface area (TPSA) is 142 Å². The van der Waals surface area contributed by atoms with Crippen molar-refractivity contribution in [2.45, 2.75) is 13.5 Å². The number of carboxylic acids is 1. The molecule has 12 heteroatoms. The normalized spacial score (nSPS) is 11.0. The van der Waals surface area contributed by atoms with Crippen LogP contribution in [0.1, 0.15) is 22.3 Å². The molecule has 0 unspecified atom stereocenters. The number of benzene rings is 1. The molecule has 11 nitrogen and oxygen atoms in total. The summed E-state index contributed by atoms with van der Waals surface area (Å²) in [4.78, 5) is 32.7. The van der Waals surface area contributed by atoms with Crippen LogP contribution in [0.25, 0.3) is 27.2 Å². The molecule has 176 valence electrons. The summed E-state index contributed by atoms with van der Waals surface area (Å²) in [6, 6.07) is 10.3. The van der Waals surface area contributed by atoms with E-state index in [0.29, 0.717) is 39.6 Å². The van der Waals surface area contributed by atoms with Gasteiger partial charge in [-0.15, -0.1) is 16.4 Å². The molecule has 0 amide bonds. The predicted octanol–water partition coefficient (Wildman–Crippen LogP) is 3.57. The zero-order valence-electron chi connectivity index (χ0n) is 18.2. The predicted molar refractivity (Wildman–Crippen MR) is 125 cm³/mol. The van der Waals surface area contributed by atoms with Gasteiger partial charge in [0.1, 0.15) is 28.6 Å². The van der Waals surface area contributed by atoms with Crippen LogP contribution in [0, 0.1) is 0 Å². The molecular formula is C23H17N5O6S. The molecule has 5 aromatic rings. The summed E-state index contributed by atoms with van der Waals surface area (Å²) < 4.78 is 17.9. The van der Waals surface area contributed by atoms with E-state index in [-0.39, 0.29) is 23.1 Å². The van der Waals surface area contributed by atoms with Crippen molar-refractivity contribution >= 4 is 28.3 Å². The number of hydrogen-bond donors (Lipinski definition) is 1. The van der Waals surface area contributed by atoms with E-state index in [4.69, 9.17) is 13.9 Å². The van der Waals surface area contributed by atoms with Gasteiger partial charge in [0, 0.05) is 29.4 Å². The fourth-order valence-electron chi connectivity index (χ4n) is 3.34. The lowest BCUT2D eigenvalue weighted by Crippen LogP contribution is -2.15. The lowest BCUT2D eigenvalue weighted by Gasteiger charge is -2.08. The number of thiazole rings is 1. The van der Waals surface area contributed by atoms with Crippen LogP contribution in [0.5, 0.6) is 11.6 Å². The van der Waals surface area contributed by atoms with E-state index in [9.17, 15) is 14.7 Å². The molecule has 0 saturated carbocycles. The van der Waals surface area contributed by atoms with Crippen LogP contribution in [-0.2, 0) is 6.61 Å². The summed E-state index contributed by atoms with van der Waals surface area (Å²) in [5.41, 5.74) is 0.944. The summed E-state index contributed by atoms with van der Waals surface area (Å²) in [7, 11) is 0. The van der Waals surface area contributed by atoms with Gasteiger partial charge in [-0.2, -0.15) is 0 Å². The van der Waals surface area contributed by atoms with E-state index >= 15 is 0 Å². The lowest BCUT2D eigenvalue weighted by atomic mass is 10.2. The molecule has 1 aromatic carbocycles. The standard InChI is InChI=1S/C23H17N5O6S/c1-2-32-16-6-5-13-8-17(23(31)34-18(13)9-16)28-15(11-25-27-28)12-33-20-19(22(29)30)35-21(26-20)14-4-3-7-24-10-14/h3-11H,2,12H2,1H3,(H,29,30). The van der Waals surface area contributed by atoms with Crippen LogP contribution in [0.4, 0.5) is 0 Å². The summed E-state index contributed by atoms with van der Waals surface area (Å²) in [5.74, 6) is -0.627. The Kier molecular flexibility index (Phi) is 5.94. The Morgan fingerprint density at radius 1 is 1.20 bits per heavy atom. The molecule has 0 aliphatic rings. The Bertz CT molecular complexity index is 1580. The Hall–Kier alpha value is -4.58. The zero-order valence-corrected chi connectivity index (χ0v) is 19.1. The summed E-state index contributed by atoms with van der Waals surface area (Å²) >= 11 is 0.978. The van der Waals surface area contributed by atoms with Gasteiger partial charge in [0.15, 0.2) is 10.6 Å². The number of aromatic nitrogens is 5. The quantitative estimate of drug-likeness (QED) is 0.320. The van der Waals surface area contributed by atoms with Gasteiger partial charge >= 0.3 is 11.6 Å². The number of pyridine rings is 1. The Morgan fingerprint density at radius 3 is 2.86 bits per heavy atom. The van der Waals surface area contributed by atoms with Gasteiger partial charge in [-0.3, -0.25) is 4.98 Å². The number of carboxylic acid groups (broad SMARTS) is 1. The molecule has 0 bridgehead atoms. The smallest absolute Gasteiger partial charge is 0.362 e. The fourth-order valence-corrected chi connectivity index (χ4v) is 4.18. The monoisotopic (exact) mass is 491 g/mol. The van der Waals surface area contributed by atoms with Crippen LogP contribution < -0.4 is 15.1 Å². The van der Waals surface area contributed by atoms with Crippen molar-refractivity contribution in [1.29, 1.82) is 0 Å². The number of fused-ring (bicyclic) bond motifs is 1. The minimum Gasteiger partial charge on any atom is -0.494 e. The van der Waals surface area contributed by atoms with Crippen molar-refractivity contribution in [3.05, 3.63) is 76.0 Å². The highest BCUT2D eigenvalue weighted by Gasteiger charge is 2.21. The molecule has 0 saturated heterocycles. The third kappa shape index (κ3) is 4.46. The van der Waals surface area contributed by atoms with Gasteiger partial charge in [0.25, 0.3) is 0 Å². The van der Waals surface area contributed by atoms with Crippen LogP contribution in [0.15, 0.2) is 64.2 Å². The zero-order chi connectivity index (χ0) is 24.4. The second kappa shape index (κ2) is 9.35. The second-order valence-electron chi connectivity index (χ2n) is 7.18. The molecule has 35 heavy (non-hydrogen) atoms. The number of nitrogens with zero attached hydrogens (tertiary/aromatic N) is 5. The van der Waals surface area contributed by atoms with Crippen molar-refractivity contribution < 1.29 is 23.8 Å². The van der Waals surface area contributed by atoms with Gasteiger partial charge < -0.3 is 19.0 Å². The first-order valence-corrected chi connectivity index (χ1v) is 11.2. The molecule has 0 fully saturated rings. The molecule has 0 radical (unpaired) electrons. The number of rotatable bonds is 8. The SMILES string of the molecule is CCOc1ccc2cc(-n3nncc3COc3nc(-c4cccnc4)sc3C(=O)O)c(=O)oc2c1. The van der Waals surface area contributed by atoms with E-state index in [0.717, 1.165) is 11.3 Å². The summed E-state index contributed by atoms with van der Waals surface area (Å²) in [5, 5.41) is 18.6. The number of ether oxygens (including phenoxy) is 2. The molecule has 4 aromatic heterocycles. The van der Waals surface area contributed by atoms with E-state index in [1.165, 1.54) is 10.9 Å². The van der Waals surface area contributed by atoms with E-state index in [1.54, 1.807) is 48.8 Å². The summed E-state index contributed by atoms with van der Waals surface area (Å²) in [6.07, 6.45) is 4.61. The minimum atomic E-state index is -1.17. The molecule has 1 N–H and O–H groups in total. The maximum Gasteiger partial charge on any atom is 0.362 e. The molecule has 4 heterocycles. The number of carbonyl (C=O) groups is 1. The average Bonchev–Trinajstić information content (AvgIpc) is 3.50. The molecule has 0 aliphatic carbocycles. The highest BCUT2D eigenvalue weighted by molar-refractivity contribution is 7.17. The van der Waals surface area contributed by atoms with Crippen LogP contribution in [0.2, 0.25) is 0 Å². The van der Waals surface area contributed by atoms with Crippen molar-refractivity contribution in [2.24, 2.45) is 0 Å². The van der Waals surface area contributed by atoms with E-state index in [1.807, 2.05) is 6.92 Å². The van der Waals surface area contributed by atoms with E-state index < -0.39 is 11.6 Å². The average molecular weight is 491 g/mol. The van der Waals surface area contributed by atoms with Crippen LogP contribution >= 0.6 is 11.3 Å². The Labute approximate surface area is 201 Å². The van der Waals surface area contributed by atoms with Crippen molar-refractivity contribution in [3.8, 4) is 27.9 Å². The first-order chi connectivity index (χ1) is 17.0. The largest absolute Gasteiger partial charge is 0.494 e. The molecule has 0 atom stereocenters. The first kappa shape index (κ1) is 22.2. The molecule has 0 spiro atoms. The molecule has 0 aliphatic heterocycles. The minimum absolute atomic E-state index is 0.0527. The van der Waals surface area contributed by atoms with Crippen LogP contribution in [0.3, 0.4) is 0 Å². The van der Waals surface area contributed by atoms with Gasteiger partial charge in [-0.25, -0.2) is 19.3 Å². The van der Waals surface area contributed by atoms with Gasteiger partial charge in [0.05, 0.1) is 12.8 Å². The Balaban J connectivity index is 1.44. The molecule has 5 rings (SSSR count).